The summed E-state index contributed by atoms with van der Waals surface area (Å²) in [5.41, 5.74) is 0. The van der Waals surface area contributed by atoms with Gasteiger partial charge in [0.25, 0.3) is 0 Å². The van der Waals surface area contributed by atoms with Crippen molar-refractivity contribution in [3.63, 3.8) is 0 Å². The van der Waals surface area contributed by atoms with E-state index < -0.39 is 0 Å². The van der Waals surface area contributed by atoms with Crippen LogP contribution in [0.2, 0.25) is 0 Å². The van der Waals surface area contributed by atoms with Gasteiger partial charge in [0, 0.05) is 19.1 Å². The van der Waals surface area contributed by atoms with Gasteiger partial charge in [-0.15, -0.1) is 0 Å². The van der Waals surface area contributed by atoms with Gasteiger partial charge in [0.2, 0.25) is 0 Å². The predicted octanol–water partition coefficient (Wildman–Crippen LogP) is 1.23. The molecule has 3 aliphatic rings. The van der Waals surface area contributed by atoms with Crippen LogP contribution < -0.4 is 10.6 Å². The zero-order valence-electron chi connectivity index (χ0n) is 9.13. The summed E-state index contributed by atoms with van der Waals surface area (Å²) < 4.78 is 0. The van der Waals surface area contributed by atoms with Crippen LogP contribution in [0, 0.1) is 23.7 Å². The molecule has 0 aromatic heterocycles. The summed E-state index contributed by atoms with van der Waals surface area (Å²) in [4.78, 5) is 0. The van der Waals surface area contributed by atoms with Gasteiger partial charge in [-0.3, -0.25) is 0 Å². The lowest BCUT2D eigenvalue weighted by Crippen LogP contribution is -2.31. The molecule has 14 heavy (non-hydrogen) atoms. The van der Waals surface area contributed by atoms with Crippen molar-refractivity contribution in [1.29, 1.82) is 0 Å². The molecule has 4 unspecified atom stereocenters. The maximum absolute atomic E-state index is 3.73. The highest BCUT2D eigenvalue weighted by Crippen LogP contribution is 2.65. The van der Waals surface area contributed by atoms with Crippen LogP contribution in [0.25, 0.3) is 0 Å². The minimum Gasteiger partial charge on any atom is -0.316 e. The largest absolute Gasteiger partial charge is 0.316 e. The second-order valence-corrected chi connectivity index (χ2v) is 5.32. The van der Waals surface area contributed by atoms with E-state index >= 15 is 0 Å². The average Bonchev–Trinajstić information content (AvgIpc) is 2.60. The Hall–Kier alpha value is -0.0800. The normalized spacial score (nSPS) is 48.2. The Kier molecular flexibility index (Phi) is 2.29. The minimum atomic E-state index is 0.917. The minimum absolute atomic E-state index is 0.917. The van der Waals surface area contributed by atoms with Crippen LogP contribution in [-0.4, -0.2) is 25.7 Å². The van der Waals surface area contributed by atoms with E-state index in [1.54, 1.807) is 6.42 Å². The fraction of sp³-hybridized carbons (Fsp3) is 1.00. The second kappa shape index (κ2) is 3.49. The Morgan fingerprint density at radius 1 is 1.07 bits per heavy atom. The predicted molar refractivity (Wildman–Crippen MR) is 58.1 cm³/mol. The summed E-state index contributed by atoms with van der Waals surface area (Å²) in [6.45, 7) is 5.59. The highest BCUT2D eigenvalue weighted by atomic mass is 15.0. The van der Waals surface area contributed by atoms with Crippen LogP contribution in [0.5, 0.6) is 0 Å². The van der Waals surface area contributed by atoms with Crippen molar-refractivity contribution in [2.24, 2.45) is 23.7 Å². The zero-order chi connectivity index (χ0) is 9.54. The fourth-order valence-electron chi connectivity index (χ4n) is 4.10. The molecule has 0 radical (unpaired) electrons. The topological polar surface area (TPSA) is 24.1 Å². The van der Waals surface area contributed by atoms with Gasteiger partial charge in [-0.1, -0.05) is 6.92 Å². The number of nitrogens with one attached hydrogen (secondary N) is 2. The Balaban J connectivity index is 1.41. The van der Waals surface area contributed by atoms with Gasteiger partial charge in [-0.25, -0.2) is 0 Å². The van der Waals surface area contributed by atoms with E-state index in [-0.39, 0.29) is 0 Å². The van der Waals surface area contributed by atoms with E-state index in [0.717, 1.165) is 42.8 Å². The molecule has 3 saturated carbocycles. The lowest BCUT2D eigenvalue weighted by atomic mass is 10.0. The van der Waals surface area contributed by atoms with Crippen LogP contribution in [0.15, 0.2) is 0 Å². The number of likely N-dealkylation sites (N-methyl/N-ethyl adjacent to an activating group) is 1. The van der Waals surface area contributed by atoms with Gasteiger partial charge < -0.3 is 10.6 Å². The summed E-state index contributed by atoms with van der Waals surface area (Å²) in [5, 5.41) is 7.10. The molecule has 2 heteroatoms. The Bertz CT molecular complexity index is 200. The second-order valence-electron chi connectivity index (χ2n) is 5.32. The monoisotopic (exact) mass is 194 g/mol. The first-order chi connectivity index (χ1) is 6.92. The molecule has 0 spiro atoms. The van der Waals surface area contributed by atoms with Gasteiger partial charge in [0.15, 0.2) is 0 Å². The first kappa shape index (κ1) is 9.17. The third-order valence-corrected chi connectivity index (χ3v) is 4.67. The molecule has 0 amide bonds. The Morgan fingerprint density at radius 3 is 2.43 bits per heavy atom. The van der Waals surface area contributed by atoms with Crippen molar-refractivity contribution < 1.29 is 0 Å². The van der Waals surface area contributed by atoms with Crippen molar-refractivity contribution >= 4 is 0 Å². The molecule has 2 nitrogen and oxygen atoms in total. The first-order valence-electron chi connectivity index (χ1n) is 6.36. The highest BCUT2D eigenvalue weighted by molar-refractivity contribution is 5.16. The molecular formula is C12H22N2. The SMILES string of the molecule is CCNCCNC1C2C3CCC(C3)C12. The third kappa shape index (κ3) is 1.31. The van der Waals surface area contributed by atoms with E-state index in [0.29, 0.717) is 0 Å². The lowest BCUT2D eigenvalue weighted by Gasteiger charge is -2.10. The Morgan fingerprint density at radius 2 is 1.79 bits per heavy atom. The fourth-order valence-corrected chi connectivity index (χ4v) is 4.10. The molecular weight excluding hydrogens is 172 g/mol. The molecule has 3 aliphatic carbocycles. The molecule has 0 aliphatic heterocycles. The Labute approximate surface area is 86.8 Å². The standard InChI is InChI=1S/C12H22N2/c1-2-13-5-6-14-12-10-8-3-4-9(7-8)11(10)12/h8-14H,2-7H2,1H3. The van der Waals surface area contributed by atoms with E-state index in [1.165, 1.54) is 19.4 Å². The molecule has 0 saturated heterocycles. The summed E-state index contributed by atoms with van der Waals surface area (Å²) in [6, 6.07) is 0.917. The van der Waals surface area contributed by atoms with Gasteiger partial charge >= 0.3 is 0 Å². The van der Waals surface area contributed by atoms with Crippen LogP contribution >= 0.6 is 0 Å². The van der Waals surface area contributed by atoms with Crippen molar-refractivity contribution in [3.05, 3.63) is 0 Å². The highest BCUT2D eigenvalue weighted by Gasteiger charge is 2.64. The summed E-state index contributed by atoms with van der Waals surface area (Å²) in [7, 11) is 0. The third-order valence-electron chi connectivity index (χ3n) is 4.67. The van der Waals surface area contributed by atoms with E-state index in [9.17, 15) is 0 Å². The van der Waals surface area contributed by atoms with E-state index in [2.05, 4.69) is 17.6 Å². The molecule has 2 bridgehead atoms. The number of hydrogen-bond donors (Lipinski definition) is 2. The van der Waals surface area contributed by atoms with E-state index in [4.69, 9.17) is 0 Å². The van der Waals surface area contributed by atoms with Gasteiger partial charge in [0.1, 0.15) is 0 Å². The zero-order valence-corrected chi connectivity index (χ0v) is 9.13. The van der Waals surface area contributed by atoms with Crippen LogP contribution in [-0.2, 0) is 0 Å². The number of fused-ring (bicyclic) bond motifs is 5. The van der Waals surface area contributed by atoms with Gasteiger partial charge in [0.05, 0.1) is 0 Å². The lowest BCUT2D eigenvalue weighted by molar-refractivity contribution is 0.456. The molecule has 3 rings (SSSR count). The van der Waals surface area contributed by atoms with Crippen LogP contribution in [0.3, 0.4) is 0 Å². The maximum Gasteiger partial charge on any atom is 0.0136 e. The van der Waals surface area contributed by atoms with Gasteiger partial charge in [-0.2, -0.15) is 0 Å². The van der Waals surface area contributed by atoms with Crippen LogP contribution in [0.1, 0.15) is 26.2 Å². The van der Waals surface area contributed by atoms with Crippen molar-refractivity contribution in [1.82, 2.24) is 10.6 Å². The quantitative estimate of drug-likeness (QED) is 0.643. The van der Waals surface area contributed by atoms with Crippen molar-refractivity contribution in [2.45, 2.75) is 32.2 Å². The molecule has 0 aromatic rings. The summed E-state index contributed by atoms with van der Waals surface area (Å²) in [6.07, 6.45) is 4.65. The summed E-state index contributed by atoms with van der Waals surface area (Å²) in [5.74, 6) is 4.41. The van der Waals surface area contributed by atoms with Crippen molar-refractivity contribution in [2.75, 3.05) is 19.6 Å². The average molecular weight is 194 g/mol. The molecule has 0 aromatic carbocycles. The molecule has 2 N–H and O–H groups in total. The number of rotatable bonds is 5. The molecule has 0 heterocycles. The molecule has 80 valence electrons. The smallest absolute Gasteiger partial charge is 0.0136 e. The number of hydrogen-bond acceptors (Lipinski definition) is 2. The maximum atomic E-state index is 3.73. The van der Waals surface area contributed by atoms with Crippen LogP contribution in [0.4, 0.5) is 0 Å². The van der Waals surface area contributed by atoms with Crippen molar-refractivity contribution in [3.8, 4) is 0 Å². The summed E-state index contributed by atoms with van der Waals surface area (Å²) >= 11 is 0. The molecule has 3 fully saturated rings. The van der Waals surface area contributed by atoms with Gasteiger partial charge in [-0.05, 0) is 49.5 Å². The first-order valence-corrected chi connectivity index (χ1v) is 6.36. The van der Waals surface area contributed by atoms with E-state index in [1.807, 2.05) is 0 Å². The molecule has 4 atom stereocenters.